The fourth-order valence-corrected chi connectivity index (χ4v) is 3.29. The van der Waals surface area contributed by atoms with Gasteiger partial charge in [0.1, 0.15) is 5.69 Å². The zero-order chi connectivity index (χ0) is 13.4. The number of nitrogens with one attached hydrogen (secondary N) is 1. The fourth-order valence-electron chi connectivity index (χ4n) is 2.33. The number of fused-ring (bicyclic) bond motifs is 1. The number of aromatic nitrogens is 1. The van der Waals surface area contributed by atoms with Gasteiger partial charge in [-0.3, -0.25) is 4.79 Å². The van der Waals surface area contributed by atoms with Crippen molar-refractivity contribution in [3.05, 3.63) is 35.4 Å². The molecule has 1 aliphatic carbocycles. The van der Waals surface area contributed by atoms with E-state index in [4.69, 9.17) is 0 Å². The lowest BCUT2D eigenvalue weighted by Gasteiger charge is -2.08. The van der Waals surface area contributed by atoms with Crippen LogP contribution in [0.2, 0.25) is 0 Å². The van der Waals surface area contributed by atoms with Crippen molar-refractivity contribution in [3.63, 3.8) is 0 Å². The molecular formula is C15H18N2OS. The van der Waals surface area contributed by atoms with Gasteiger partial charge in [-0.25, -0.2) is 0 Å². The zero-order valence-electron chi connectivity index (χ0n) is 11.1. The third kappa shape index (κ3) is 2.45. The Morgan fingerprint density at radius 3 is 3.05 bits per heavy atom. The van der Waals surface area contributed by atoms with Gasteiger partial charge in [0, 0.05) is 18.0 Å². The molecule has 0 bridgehead atoms. The first-order chi connectivity index (χ1) is 9.19. The van der Waals surface area contributed by atoms with Crippen molar-refractivity contribution in [1.82, 2.24) is 9.88 Å². The number of carbonyl (C=O) groups excluding carboxylic acids is 1. The van der Waals surface area contributed by atoms with Crippen molar-refractivity contribution in [2.45, 2.75) is 26.3 Å². The van der Waals surface area contributed by atoms with Gasteiger partial charge in [-0.2, -0.15) is 0 Å². The molecule has 3 nitrogen and oxygen atoms in total. The van der Waals surface area contributed by atoms with Crippen LogP contribution in [-0.4, -0.2) is 17.0 Å². The summed E-state index contributed by atoms with van der Waals surface area (Å²) in [6.45, 7) is 7.36. The van der Waals surface area contributed by atoms with E-state index >= 15 is 0 Å². The molecule has 4 heteroatoms. The Kier molecular flexibility index (Phi) is 3.19. The maximum absolute atomic E-state index is 12.3. The standard InChI is InChI=1S/C15H18N2OS/c1-3-6-17-12-7-10(2)19-14(12)8-13(17)15(18)16-9-11-4-5-11/h3,7-8,11H,1,4-6,9H2,2H3,(H,16,18). The maximum atomic E-state index is 12.3. The van der Waals surface area contributed by atoms with Crippen LogP contribution in [0.25, 0.3) is 10.2 Å². The number of rotatable bonds is 5. The van der Waals surface area contributed by atoms with E-state index in [1.165, 1.54) is 22.4 Å². The quantitative estimate of drug-likeness (QED) is 0.834. The Morgan fingerprint density at radius 2 is 2.37 bits per heavy atom. The number of allylic oxidation sites excluding steroid dienone is 1. The van der Waals surface area contributed by atoms with Crippen LogP contribution in [0.1, 0.15) is 28.2 Å². The van der Waals surface area contributed by atoms with E-state index in [0.29, 0.717) is 12.5 Å². The summed E-state index contributed by atoms with van der Waals surface area (Å²) in [5.41, 5.74) is 1.89. The number of carbonyl (C=O) groups is 1. The van der Waals surface area contributed by atoms with Gasteiger partial charge < -0.3 is 9.88 Å². The van der Waals surface area contributed by atoms with E-state index in [9.17, 15) is 4.79 Å². The first-order valence-electron chi connectivity index (χ1n) is 6.68. The summed E-state index contributed by atoms with van der Waals surface area (Å²) in [6.07, 6.45) is 4.34. The van der Waals surface area contributed by atoms with Crippen LogP contribution in [0.4, 0.5) is 0 Å². The molecule has 0 spiro atoms. The normalized spacial score (nSPS) is 14.8. The lowest BCUT2D eigenvalue weighted by atomic mass is 10.3. The molecular weight excluding hydrogens is 256 g/mol. The number of amides is 1. The SMILES string of the molecule is C=CCn1c(C(=O)NCC2CC2)cc2sc(C)cc21. The van der Waals surface area contributed by atoms with Crippen molar-refractivity contribution < 1.29 is 4.79 Å². The molecule has 0 radical (unpaired) electrons. The molecule has 1 aliphatic rings. The Hall–Kier alpha value is -1.55. The van der Waals surface area contributed by atoms with E-state index in [2.05, 4.69) is 24.9 Å². The van der Waals surface area contributed by atoms with Crippen LogP contribution >= 0.6 is 11.3 Å². The first-order valence-corrected chi connectivity index (χ1v) is 7.49. The zero-order valence-corrected chi connectivity index (χ0v) is 11.9. The molecule has 0 aliphatic heterocycles. The molecule has 0 atom stereocenters. The largest absolute Gasteiger partial charge is 0.350 e. The van der Waals surface area contributed by atoms with Gasteiger partial charge in [0.2, 0.25) is 0 Å². The fraction of sp³-hybridized carbons (Fsp3) is 0.400. The van der Waals surface area contributed by atoms with Crippen molar-refractivity contribution in [1.29, 1.82) is 0 Å². The van der Waals surface area contributed by atoms with Crippen molar-refractivity contribution in [2.75, 3.05) is 6.54 Å². The predicted molar refractivity (Wildman–Crippen MR) is 79.8 cm³/mol. The Labute approximate surface area is 116 Å². The second-order valence-electron chi connectivity index (χ2n) is 5.19. The van der Waals surface area contributed by atoms with E-state index < -0.39 is 0 Å². The van der Waals surface area contributed by atoms with E-state index in [1.807, 2.05) is 16.7 Å². The number of aryl methyl sites for hydroxylation is 1. The molecule has 3 rings (SSSR count). The predicted octanol–water partition coefficient (Wildman–Crippen LogP) is 3.34. The van der Waals surface area contributed by atoms with E-state index in [-0.39, 0.29) is 5.91 Å². The smallest absolute Gasteiger partial charge is 0.267 e. The van der Waals surface area contributed by atoms with E-state index in [1.54, 1.807) is 11.3 Å². The summed E-state index contributed by atoms with van der Waals surface area (Å²) in [4.78, 5) is 13.5. The lowest BCUT2D eigenvalue weighted by Crippen LogP contribution is -2.27. The highest BCUT2D eigenvalue weighted by Crippen LogP contribution is 2.30. The van der Waals surface area contributed by atoms with Crippen LogP contribution in [0.3, 0.4) is 0 Å². The van der Waals surface area contributed by atoms with E-state index in [0.717, 1.165) is 17.8 Å². The first kappa shape index (κ1) is 12.5. The Balaban J connectivity index is 1.91. The molecule has 1 amide bonds. The van der Waals surface area contributed by atoms with Crippen molar-refractivity contribution >= 4 is 27.5 Å². The van der Waals surface area contributed by atoms with Gasteiger partial charge in [-0.05, 0) is 37.8 Å². The van der Waals surface area contributed by atoms with Gasteiger partial charge in [0.05, 0.1) is 10.2 Å². The monoisotopic (exact) mass is 274 g/mol. The molecule has 0 unspecified atom stereocenters. The third-order valence-electron chi connectivity index (χ3n) is 3.51. The molecule has 1 saturated carbocycles. The van der Waals surface area contributed by atoms with Gasteiger partial charge in [0.15, 0.2) is 0 Å². The number of thiophene rings is 1. The van der Waals surface area contributed by atoms with Crippen LogP contribution in [0.5, 0.6) is 0 Å². The summed E-state index contributed by atoms with van der Waals surface area (Å²) >= 11 is 1.73. The number of nitrogens with zero attached hydrogens (tertiary/aromatic N) is 1. The summed E-state index contributed by atoms with van der Waals surface area (Å²) < 4.78 is 3.23. The minimum atomic E-state index is 0.0369. The van der Waals surface area contributed by atoms with Crippen LogP contribution in [-0.2, 0) is 6.54 Å². The summed E-state index contributed by atoms with van der Waals surface area (Å²) in [7, 11) is 0. The second kappa shape index (κ2) is 4.85. The molecule has 0 saturated heterocycles. The van der Waals surface area contributed by atoms with Crippen LogP contribution in [0, 0.1) is 12.8 Å². The molecule has 1 fully saturated rings. The second-order valence-corrected chi connectivity index (χ2v) is 6.48. The Bertz CT molecular complexity index is 634. The molecule has 2 aromatic heterocycles. The van der Waals surface area contributed by atoms with Gasteiger partial charge in [-0.1, -0.05) is 6.08 Å². The maximum Gasteiger partial charge on any atom is 0.267 e. The van der Waals surface area contributed by atoms with Crippen molar-refractivity contribution in [2.24, 2.45) is 5.92 Å². The average molecular weight is 274 g/mol. The lowest BCUT2D eigenvalue weighted by molar-refractivity contribution is 0.0943. The van der Waals surface area contributed by atoms with Gasteiger partial charge >= 0.3 is 0 Å². The molecule has 2 aromatic rings. The van der Waals surface area contributed by atoms with Gasteiger partial charge in [-0.15, -0.1) is 17.9 Å². The summed E-state index contributed by atoms with van der Waals surface area (Å²) in [6, 6.07) is 4.14. The minimum absolute atomic E-state index is 0.0369. The highest BCUT2D eigenvalue weighted by Gasteiger charge is 2.23. The topological polar surface area (TPSA) is 34.0 Å². The third-order valence-corrected chi connectivity index (χ3v) is 4.49. The van der Waals surface area contributed by atoms with Crippen LogP contribution in [0.15, 0.2) is 24.8 Å². The van der Waals surface area contributed by atoms with Crippen molar-refractivity contribution in [3.8, 4) is 0 Å². The molecule has 1 N–H and O–H groups in total. The summed E-state index contributed by atoms with van der Waals surface area (Å²) in [5, 5.41) is 3.04. The van der Waals surface area contributed by atoms with Gasteiger partial charge in [0.25, 0.3) is 5.91 Å². The molecule has 0 aromatic carbocycles. The summed E-state index contributed by atoms with van der Waals surface area (Å²) in [5.74, 6) is 0.741. The molecule has 2 heterocycles. The highest BCUT2D eigenvalue weighted by atomic mass is 32.1. The number of hydrogen-bond acceptors (Lipinski definition) is 2. The highest BCUT2D eigenvalue weighted by molar-refractivity contribution is 7.19. The average Bonchev–Trinajstić information content (AvgIpc) is 3.06. The number of hydrogen-bond donors (Lipinski definition) is 1. The molecule has 19 heavy (non-hydrogen) atoms. The van der Waals surface area contributed by atoms with Crippen LogP contribution < -0.4 is 5.32 Å². The Morgan fingerprint density at radius 1 is 1.58 bits per heavy atom. The molecule has 100 valence electrons. The minimum Gasteiger partial charge on any atom is -0.350 e.